The van der Waals surface area contributed by atoms with Crippen molar-refractivity contribution in [2.45, 2.75) is 42.1 Å². The lowest BCUT2D eigenvalue weighted by Gasteiger charge is -2.09. The molecule has 0 saturated carbocycles. The summed E-state index contributed by atoms with van der Waals surface area (Å²) in [6.45, 7) is 6.57. The number of methoxy groups -OCH3 is 1. The molecule has 0 bridgehead atoms. The number of thioether (sulfide) groups is 2. The molecule has 2 N–H and O–H groups in total. The fourth-order valence-corrected chi connectivity index (χ4v) is 4.30. The minimum absolute atomic E-state index is 0.00734. The van der Waals surface area contributed by atoms with Gasteiger partial charge >= 0.3 is 0 Å². The van der Waals surface area contributed by atoms with Gasteiger partial charge < -0.3 is 15.4 Å². The highest BCUT2D eigenvalue weighted by Crippen LogP contribution is 2.24. The van der Waals surface area contributed by atoms with Crippen LogP contribution in [0, 0.1) is 0 Å². The summed E-state index contributed by atoms with van der Waals surface area (Å²) in [6.07, 6.45) is 4.06. The molecule has 3 rings (SSSR count). The van der Waals surface area contributed by atoms with Crippen molar-refractivity contribution in [2.24, 2.45) is 0 Å². The van der Waals surface area contributed by atoms with Crippen LogP contribution in [0.5, 0.6) is 0 Å². The lowest BCUT2D eigenvalue weighted by atomic mass is 10.1. The first-order chi connectivity index (χ1) is 15.5. The summed E-state index contributed by atoms with van der Waals surface area (Å²) >= 11 is 3.29. The van der Waals surface area contributed by atoms with E-state index >= 15 is 0 Å². The van der Waals surface area contributed by atoms with Gasteiger partial charge in [0.05, 0.1) is 31.2 Å². The van der Waals surface area contributed by atoms with Crippen LogP contribution in [0.15, 0.2) is 40.5 Å². The standard InChI is InChI=1S/C22H30N6O2S2/c1-15(2)32-17-7-5-16(6-8-17)13-19(29)23-9-11-28-21-18(14-25-28)20(24-10-12-30-3)26-22(27-21)31-4/h5-8,14-15H,9-13H2,1-4H3,(H,23,29)(H,24,26,27). The normalized spacial score (nSPS) is 11.3. The largest absolute Gasteiger partial charge is 0.383 e. The molecule has 0 aliphatic carbocycles. The summed E-state index contributed by atoms with van der Waals surface area (Å²) in [5.41, 5.74) is 1.75. The molecule has 0 fully saturated rings. The number of carbonyl (C=O) groups excluding carboxylic acids is 1. The van der Waals surface area contributed by atoms with Crippen LogP contribution in [0.2, 0.25) is 0 Å². The molecular weight excluding hydrogens is 444 g/mol. The molecule has 0 aliphatic rings. The topological polar surface area (TPSA) is 94.0 Å². The van der Waals surface area contributed by atoms with E-state index in [-0.39, 0.29) is 5.91 Å². The van der Waals surface area contributed by atoms with E-state index in [1.807, 2.05) is 30.2 Å². The average Bonchev–Trinajstić information content (AvgIpc) is 3.18. The van der Waals surface area contributed by atoms with Crippen molar-refractivity contribution in [3.05, 3.63) is 36.0 Å². The van der Waals surface area contributed by atoms with Gasteiger partial charge in [0.1, 0.15) is 5.82 Å². The number of carbonyl (C=O) groups is 1. The Kier molecular flexibility index (Phi) is 9.19. The van der Waals surface area contributed by atoms with Crippen molar-refractivity contribution >= 4 is 46.3 Å². The van der Waals surface area contributed by atoms with E-state index in [1.165, 1.54) is 16.7 Å². The molecule has 32 heavy (non-hydrogen) atoms. The summed E-state index contributed by atoms with van der Waals surface area (Å²) < 4.78 is 6.91. The number of fused-ring (bicyclic) bond motifs is 1. The van der Waals surface area contributed by atoms with Gasteiger partial charge in [0.2, 0.25) is 5.91 Å². The van der Waals surface area contributed by atoms with Gasteiger partial charge in [-0.15, -0.1) is 11.8 Å². The summed E-state index contributed by atoms with van der Waals surface area (Å²) in [5.74, 6) is 0.734. The fourth-order valence-electron chi connectivity index (χ4n) is 3.10. The Morgan fingerprint density at radius 3 is 2.66 bits per heavy atom. The average molecular weight is 475 g/mol. The summed E-state index contributed by atoms with van der Waals surface area (Å²) in [7, 11) is 1.66. The predicted octanol–water partition coefficient (Wildman–Crippen LogP) is 3.47. The van der Waals surface area contributed by atoms with E-state index < -0.39 is 0 Å². The second kappa shape index (κ2) is 12.1. The number of hydrogen-bond acceptors (Lipinski definition) is 8. The Hall–Kier alpha value is -2.30. The van der Waals surface area contributed by atoms with Crippen LogP contribution in [0.4, 0.5) is 5.82 Å². The van der Waals surface area contributed by atoms with Gasteiger partial charge in [0.25, 0.3) is 0 Å². The lowest BCUT2D eigenvalue weighted by molar-refractivity contribution is -0.120. The van der Waals surface area contributed by atoms with Gasteiger partial charge in [-0.05, 0) is 24.0 Å². The van der Waals surface area contributed by atoms with Crippen molar-refractivity contribution in [3.8, 4) is 0 Å². The van der Waals surface area contributed by atoms with E-state index in [0.717, 1.165) is 22.4 Å². The Morgan fingerprint density at radius 2 is 1.97 bits per heavy atom. The van der Waals surface area contributed by atoms with Crippen LogP contribution in [0.1, 0.15) is 19.4 Å². The summed E-state index contributed by atoms with van der Waals surface area (Å²) in [4.78, 5) is 22.7. The maximum absolute atomic E-state index is 12.4. The Balaban J connectivity index is 1.57. The van der Waals surface area contributed by atoms with Crippen LogP contribution in [-0.2, 0) is 22.5 Å². The highest BCUT2D eigenvalue weighted by molar-refractivity contribution is 7.99. The van der Waals surface area contributed by atoms with Crippen molar-refractivity contribution in [3.63, 3.8) is 0 Å². The monoisotopic (exact) mass is 474 g/mol. The van der Waals surface area contributed by atoms with Crippen molar-refractivity contribution < 1.29 is 9.53 Å². The minimum Gasteiger partial charge on any atom is -0.383 e. The van der Waals surface area contributed by atoms with Crippen molar-refractivity contribution in [1.82, 2.24) is 25.1 Å². The summed E-state index contributed by atoms with van der Waals surface area (Å²) in [5, 5.41) is 12.8. The molecule has 8 nitrogen and oxygen atoms in total. The first-order valence-corrected chi connectivity index (χ1v) is 12.6. The zero-order valence-electron chi connectivity index (χ0n) is 18.9. The third kappa shape index (κ3) is 6.85. The Morgan fingerprint density at radius 1 is 1.19 bits per heavy atom. The third-order valence-electron chi connectivity index (χ3n) is 4.56. The van der Waals surface area contributed by atoms with Gasteiger partial charge in [-0.3, -0.25) is 4.79 Å². The molecule has 2 heterocycles. The molecule has 1 aromatic carbocycles. The van der Waals surface area contributed by atoms with Gasteiger partial charge in [-0.25, -0.2) is 14.6 Å². The molecular formula is C22H30N6O2S2. The van der Waals surface area contributed by atoms with Crippen molar-refractivity contribution in [2.75, 3.05) is 38.4 Å². The second-order valence-electron chi connectivity index (χ2n) is 7.42. The highest BCUT2D eigenvalue weighted by atomic mass is 32.2. The number of rotatable bonds is 12. The number of benzene rings is 1. The van der Waals surface area contributed by atoms with E-state index in [1.54, 1.807) is 18.0 Å². The van der Waals surface area contributed by atoms with Crippen LogP contribution in [-0.4, -0.2) is 64.0 Å². The van der Waals surface area contributed by atoms with E-state index in [2.05, 4.69) is 51.7 Å². The van der Waals surface area contributed by atoms with Crippen LogP contribution in [0.3, 0.4) is 0 Å². The zero-order chi connectivity index (χ0) is 22.9. The Bertz CT molecular complexity index is 1020. The van der Waals surface area contributed by atoms with Crippen LogP contribution in [0.25, 0.3) is 11.0 Å². The molecule has 10 heteroatoms. The quantitative estimate of drug-likeness (QED) is 0.234. The Labute approximate surface area is 197 Å². The van der Waals surface area contributed by atoms with Gasteiger partial charge in [-0.1, -0.05) is 37.7 Å². The fraction of sp³-hybridized carbons (Fsp3) is 0.455. The van der Waals surface area contributed by atoms with Gasteiger partial charge in [-0.2, -0.15) is 5.10 Å². The minimum atomic E-state index is -0.00734. The number of hydrogen-bond donors (Lipinski definition) is 2. The molecule has 0 atom stereocenters. The van der Waals surface area contributed by atoms with Gasteiger partial charge in [0.15, 0.2) is 10.8 Å². The van der Waals surface area contributed by atoms with E-state index in [9.17, 15) is 4.79 Å². The molecule has 2 aromatic heterocycles. The SMILES string of the molecule is COCCNc1nc(SC)nc2c1cnn2CCNC(=O)Cc1ccc(SC(C)C)cc1. The lowest BCUT2D eigenvalue weighted by Crippen LogP contribution is -2.28. The van der Waals surface area contributed by atoms with Gasteiger partial charge in [0, 0.05) is 30.3 Å². The second-order valence-corrected chi connectivity index (χ2v) is 9.84. The zero-order valence-corrected chi connectivity index (χ0v) is 20.6. The molecule has 0 saturated heterocycles. The maximum Gasteiger partial charge on any atom is 0.224 e. The number of nitrogens with zero attached hydrogens (tertiary/aromatic N) is 4. The number of nitrogens with one attached hydrogen (secondary N) is 2. The van der Waals surface area contributed by atoms with Crippen LogP contribution < -0.4 is 10.6 Å². The molecule has 0 spiro atoms. The molecule has 0 unspecified atom stereocenters. The number of anilines is 1. The number of aromatic nitrogens is 4. The first-order valence-electron chi connectivity index (χ1n) is 10.5. The molecule has 1 amide bonds. The number of ether oxygens (including phenoxy) is 1. The molecule has 172 valence electrons. The summed E-state index contributed by atoms with van der Waals surface area (Å²) in [6, 6.07) is 8.18. The van der Waals surface area contributed by atoms with Crippen LogP contribution >= 0.6 is 23.5 Å². The van der Waals surface area contributed by atoms with Crippen molar-refractivity contribution in [1.29, 1.82) is 0 Å². The molecule has 0 aliphatic heterocycles. The van der Waals surface area contributed by atoms with E-state index in [0.29, 0.717) is 43.1 Å². The first kappa shape index (κ1) is 24.3. The predicted molar refractivity (Wildman–Crippen MR) is 132 cm³/mol. The smallest absolute Gasteiger partial charge is 0.224 e. The molecule has 3 aromatic rings. The maximum atomic E-state index is 12.4. The highest BCUT2D eigenvalue weighted by Gasteiger charge is 2.13. The van der Waals surface area contributed by atoms with E-state index in [4.69, 9.17) is 4.74 Å². The third-order valence-corrected chi connectivity index (χ3v) is 6.13. The molecule has 0 radical (unpaired) electrons. The number of amides is 1.